The Morgan fingerprint density at radius 2 is 2.00 bits per heavy atom. The molecule has 2 aliphatic rings. The lowest BCUT2D eigenvalue weighted by atomic mass is 9.95. The molecular weight excluding hydrogens is 356 g/mol. The Morgan fingerprint density at radius 3 is 2.54 bits per heavy atom. The van der Waals surface area contributed by atoms with Gasteiger partial charge < -0.3 is 14.8 Å². The van der Waals surface area contributed by atoms with Gasteiger partial charge in [-0.15, -0.1) is 0 Å². The van der Waals surface area contributed by atoms with Crippen LogP contribution >= 0.6 is 0 Å². The van der Waals surface area contributed by atoms with Crippen molar-refractivity contribution in [2.45, 2.75) is 31.7 Å². The van der Waals surface area contributed by atoms with E-state index in [1.54, 1.807) is 18.2 Å². The maximum absolute atomic E-state index is 12.5. The van der Waals surface area contributed by atoms with Gasteiger partial charge in [0.2, 0.25) is 15.9 Å². The number of carbonyl (C=O) groups excluding carboxylic acids is 1. The number of hydrogen-bond acceptors (Lipinski definition) is 5. The van der Waals surface area contributed by atoms with Gasteiger partial charge in [0.15, 0.2) is 0 Å². The van der Waals surface area contributed by atoms with Crippen LogP contribution in [0.15, 0.2) is 18.2 Å². The van der Waals surface area contributed by atoms with Crippen LogP contribution in [0.2, 0.25) is 0 Å². The van der Waals surface area contributed by atoms with Crippen LogP contribution in [0.5, 0.6) is 11.5 Å². The van der Waals surface area contributed by atoms with Crippen molar-refractivity contribution in [3.8, 4) is 11.5 Å². The zero-order chi connectivity index (χ0) is 18.9. The summed E-state index contributed by atoms with van der Waals surface area (Å²) in [4.78, 5) is 12.5. The molecule has 0 aromatic heterocycles. The van der Waals surface area contributed by atoms with Crippen LogP contribution in [0.1, 0.15) is 25.7 Å². The number of carbonyl (C=O) groups is 1. The molecule has 2 saturated carbocycles. The molecule has 0 heterocycles. The maximum atomic E-state index is 12.5. The third kappa shape index (κ3) is 3.90. The molecule has 0 spiro atoms. The van der Waals surface area contributed by atoms with Crippen LogP contribution < -0.4 is 19.1 Å². The van der Waals surface area contributed by atoms with Gasteiger partial charge in [-0.3, -0.25) is 9.10 Å². The minimum absolute atomic E-state index is 0.167. The van der Waals surface area contributed by atoms with Crippen LogP contribution in [-0.2, 0) is 14.8 Å². The van der Waals surface area contributed by atoms with E-state index in [2.05, 4.69) is 5.32 Å². The standard InChI is InChI=1S/C18H26N2O5S/c1-24-14-6-7-16(17(10-14)25-2)20(26(3,22)23)11-18(21)19-15-9-12-4-5-13(15)8-12/h6-7,10,12-13,15H,4-5,8-9,11H2,1-3H3,(H,19,21)/t12-,13-,15-/m0/s1. The normalized spacial score (nSPS) is 24.3. The summed E-state index contributed by atoms with van der Waals surface area (Å²) >= 11 is 0. The number of rotatable bonds is 7. The van der Waals surface area contributed by atoms with Crippen LogP contribution in [0, 0.1) is 11.8 Å². The Bertz CT molecular complexity index is 780. The van der Waals surface area contributed by atoms with E-state index >= 15 is 0 Å². The smallest absolute Gasteiger partial charge is 0.241 e. The average molecular weight is 382 g/mol. The Hall–Kier alpha value is -1.96. The van der Waals surface area contributed by atoms with Gasteiger partial charge in [-0.05, 0) is 43.2 Å². The van der Waals surface area contributed by atoms with Crippen LogP contribution in [0.25, 0.3) is 0 Å². The van der Waals surface area contributed by atoms with E-state index in [0.717, 1.165) is 23.4 Å². The van der Waals surface area contributed by atoms with Gasteiger partial charge in [0.25, 0.3) is 0 Å². The summed E-state index contributed by atoms with van der Waals surface area (Å²) in [6, 6.07) is 5.00. The quantitative estimate of drug-likeness (QED) is 0.777. The number of sulfonamides is 1. The predicted octanol–water partition coefficient (Wildman–Crippen LogP) is 1.77. The predicted molar refractivity (Wildman–Crippen MR) is 99.1 cm³/mol. The number of ether oxygens (including phenoxy) is 2. The molecule has 0 aliphatic heterocycles. The molecule has 2 fully saturated rings. The first kappa shape index (κ1) is 18.8. The summed E-state index contributed by atoms with van der Waals surface area (Å²) in [6.07, 6.45) is 5.66. The molecule has 2 bridgehead atoms. The van der Waals surface area contributed by atoms with Crippen molar-refractivity contribution < 1.29 is 22.7 Å². The summed E-state index contributed by atoms with van der Waals surface area (Å²) in [5.74, 6) is 1.84. The molecule has 0 saturated heterocycles. The molecular formula is C18H26N2O5S. The molecule has 1 aromatic carbocycles. The fraction of sp³-hybridized carbons (Fsp3) is 0.611. The first-order valence-corrected chi connectivity index (χ1v) is 10.7. The molecule has 2 aliphatic carbocycles. The van der Waals surface area contributed by atoms with Gasteiger partial charge >= 0.3 is 0 Å². The van der Waals surface area contributed by atoms with E-state index in [1.165, 1.54) is 27.1 Å². The summed E-state index contributed by atoms with van der Waals surface area (Å²) in [7, 11) is -0.686. The third-order valence-electron chi connectivity index (χ3n) is 5.43. The van der Waals surface area contributed by atoms with E-state index in [4.69, 9.17) is 9.47 Å². The Morgan fingerprint density at radius 1 is 1.23 bits per heavy atom. The van der Waals surface area contributed by atoms with Crippen molar-refractivity contribution in [3.05, 3.63) is 18.2 Å². The lowest BCUT2D eigenvalue weighted by Crippen LogP contribution is -2.45. The van der Waals surface area contributed by atoms with Crippen molar-refractivity contribution in [3.63, 3.8) is 0 Å². The molecule has 3 rings (SSSR count). The minimum Gasteiger partial charge on any atom is -0.497 e. The van der Waals surface area contributed by atoms with Gasteiger partial charge in [-0.2, -0.15) is 0 Å². The number of nitrogens with one attached hydrogen (secondary N) is 1. The molecule has 0 radical (unpaired) electrons. The highest BCUT2D eigenvalue weighted by atomic mass is 32.2. The van der Waals surface area contributed by atoms with Crippen LogP contribution in [-0.4, -0.2) is 47.4 Å². The highest BCUT2D eigenvalue weighted by Gasteiger charge is 2.40. The van der Waals surface area contributed by atoms with Crippen molar-refractivity contribution in [1.82, 2.24) is 5.32 Å². The number of nitrogens with zero attached hydrogens (tertiary/aromatic N) is 1. The highest BCUT2D eigenvalue weighted by Crippen LogP contribution is 2.44. The fourth-order valence-corrected chi connectivity index (χ4v) is 5.04. The third-order valence-corrected chi connectivity index (χ3v) is 6.55. The van der Waals surface area contributed by atoms with Crippen molar-refractivity contribution in [2.24, 2.45) is 11.8 Å². The van der Waals surface area contributed by atoms with E-state index < -0.39 is 10.0 Å². The zero-order valence-electron chi connectivity index (χ0n) is 15.4. The molecule has 1 aromatic rings. The van der Waals surface area contributed by atoms with Gasteiger partial charge in [0.05, 0.1) is 26.2 Å². The highest BCUT2D eigenvalue weighted by molar-refractivity contribution is 7.92. The fourth-order valence-electron chi connectivity index (χ4n) is 4.18. The summed E-state index contributed by atoms with van der Waals surface area (Å²) in [6.45, 7) is -0.268. The second-order valence-corrected chi connectivity index (χ2v) is 9.06. The van der Waals surface area contributed by atoms with E-state index in [1.807, 2.05) is 0 Å². The lowest BCUT2D eigenvalue weighted by Gasteiger charge is -2.27. The Kier molecular flexibility index (Phi) is 5.32. The van der Waals surface area contributed by atoms with Crippen molar-refractivity contribution in [2.75, 3.05) is 31.3 Å². The monoisotopic (exact) mass is 382 g/mol. The lowest BCUT2D eigenvalue weighted by molar-refractivity contribution is -0.120. The molecule has 8 heteroatoms. The summed E-state index contributed by atoms with van der Waals surface area (Å²) in [5, 5.41) is 3.03. The number of benzene rings is 1. The molecule has 1 N–H and O–H groups in total. The first-order valence-electron chi connectivity index (χ1n) is 8.81. The van der Waals surface area contributed by atoms with E-state index in [0.29, 0.717) is 29.0 Å². The van der Waals surface area contributed by atoms with Gasteiger partial charge in [0.1, 0.15) is 18.0 Å². The van der Waals surface area contributed by atoms with Gasteiger partial charge in [0, 0.05) is 12.1 Å². The molecule has 3 atom stereocenters. The zero-order valence-corrected chi connectivity index (χ0v) is 16.2. The van der Waals surface area contributed by atoms with Crippen LogP contribution in [0.3, 0.4) is 0 Å². The summed E-state index contributed by atoms with van der Waals surface area (Å²) in [5.41, 5.74) is 0.318. The van der Waals surface area contributed by atoms with Gasteiger partial charge in [-0.1, -0.05) is 6.42 Å². The largest absolute Gasteiger partial charge is 0.497 e. The Labute approximate surface area is 154 Å². The average Bonchev–Trinajstić information content (AvgIpc) is 3.21. The number of hydrogen-bond donors (Lipinski definition) is 1. The Balaban J connectivity index is 1.77. The molecule has 0 unspecified atom stereocenters. The SMILES string of the molecule is COc1ccc(N(CC(=O)N[C@H]2C[C@H]3CC[C@H]2C3)S(C)(=O)=O)c(OC)c1. The number of amides is 1. The molecule has 26 heavy (non-hydrogen) atoms. The van der Waals surface area contributed by atoms with Crippen molar-refractivity contribution >= 4 is 21.6 Å². The van der Waals surface area contributed by atoms with Crippen molar-refractivity contribution in [1.29, 1.82) is 0 Å². The number of methoxy groups -OCH3 is 2. The number of anilines is 1. The second kappa shape index (κ2) is 7.34. The number of fused-ring (bicyclic) bond motifs is 2. The minimum atomic E-state index is -3.66. The topological polar surface area (TPSA) is 84.9 Å². The maximum Gasteiger partial charge on any atom is 0.241 e. The van der Waals surface area contributed by atoms with E-state index in [9.17, 15) is 13.2 Å². The second-order valence-electron chi connectivity index (χ2n) is 7.16. The van der Waals surface area contributed by atoms with E-state index in [-0.39, 0.29) is 18.5 Å². The molecule has 7 nitrogen and oxygen atoms in total. The van der Waals surface area contributed by atoms with Gasteiger partial charge in [-0.25, -0.2) is 8.42 Å². The molecule has 1 amide bonds. The summed E-state index contributed by atoms with van der Waals surface area (Å²) < 4.78 is 36.2. The molecule has 144 valence electrons. The van der Waals surface area contributed by atoms with Crippen LogP contribution in [0.4, 0.5) is 5.69 Å². The first-order chi connectivity index (χ1) is 12.3.